The number of benzene rings is 6. The van der Waals surface area contributed by atoms with Crippen LogP contribution in [0.2, 0.25) is 0 Å². The van der Waals surface area contributed by atoms with Gasteiger partial charge in [0.25, 0.3) is 0 Å². The molecule has 0 aliphatic carbocycles. The zero-order valence-corrected chi connectivity index (χ0v) is 22.7. The highest BCUT2D eigenvalue weighted by atomic mass is 16.3. The number of hydrogen-bond acceptors (Lipinski definition) is 2. The van der Waals surface area contributed by atoms with Crippen LogP contribution >= 0.6 is 0 Å². The van der Waals surface area contributed by atoms with E-state index in [-0.39, 0.29) is 0 Å². The fraction of sp³-hybridized carbons (Fsp3) is 0. The Labute approximate surface area is 245 Å². The fourth-order valence-corrected chi connectivity index (χ4v) is 6.70. The van der Waals surface area contributed by atoms with Gasteiger partial charge in [-0.3, -0.25) is 0 Å². The van der Waals surface area contributed by atoms with E-state index in [0.29, 0.717) is 11.3 Å². The minimum Gasteiger partial charge on any atom is -0.454 e. The lowest BCUT2D eigenvalue weighted by atomic mass is 10.1. The lowest BCUT2D eigenvalue weighted by Crippen LogP contribution is -1.94. The predicted octanol–water partition coefficient (Wildman–Crippen LogP) is 10.2. The van der Waals surface area contributed by atoms with Gasteiger partial charge in [0.15, 0.2) is 11.3 Å². The number of nitriles is 1. The van der Waals surface area contributed by atoms with Crippen molar-refractivity contribution in [3.63, 3.8) is 0 Å². The smallest absolute Gasteiger partial charge is 0.188 e. The Morgan fingerprint density at radius 3 is 2.00 bits per heavy atom. The van der Waals surface area contributed by atoms with E-state index in [1.165, 1.54) is 10.8 Å². The molecule has 0 radical (unpaired) electrons. The molecule has 9 aromatic rings. The van der Waals surface area contributed by atoms with Crippen LogP contribution in [-0.4, -0.2) is 9.13 Å². The Morgan fingerprint density at radius 2 is 1.26 bits per heavy atom. The van der Waals surface area contributed by atoms with Crippen LogP contribution in [0.25, 0.3) is 81.8 Å². The molecule has 0 aliphatic rings. The van der Waals surface area contributed by atoms with Gasteiger partial charge in [-0.1, -0.05) is 54.6 Å². The molecule has 5 heteroatoms. The van der Waals surface area contributed by atoms with Crippen LogP contribution in [0.1, 0.15) is 5.56 Å². The lowest BCUT2D eigenvalue weighted by Gasteiger charge is -2.08. The van der Waals surface area contributed by atoms with Crippen molar-refractivity contribution in [3.8, 4) is 17.4 Å². The first-order valence-corrected chi connectivity index (χ1v) is 14.0. The maximum Gasteiger partial charge on any atom is 0.188 e. The SMILES string of the molecule is [C-]#[N+]c1ccc2c(c1)c1cc(C#N)ccc1n2-c1ccc2oc3c(-n4c5ccccc5c5ccccc54)cccc3c2c1. The van der Waals surface area contributed by atoms with Gasteiger partial charge in [0.2, 0.25) is 0 Å². The molecule has 0 saturated heterocycles. The summed E-state index contributed by atoms with van der Waals surface area (Å²) in [5.41, 5.74) is 9.04. The average Bonchev–Trinajstić information content (AvgIpc) is 3.71. The number of rotatable bonds is 2. The molecular weight excluding hydrogens is 528 g/mol. The van der Waals surface area contributed by atoms with Gasteiger partial charge >= 0.3 is 0 Å². The van der Waals surface area contributed by atoms with Gasteiger partial charge in [0.1, 0.15) is 5.58 Å². The third-order valence-corrected chi connectivity index (χ3v) is 8.55. The van der Waals surface area contributed by atoms with Crippen molar-refractivity contribution in [3.05, 3.63) is 138 Å². The monoisotopic (exact) mass is 548 g/mol. The molecule has 43 heavy (non-hydrogen) atoms. The van der Waals surface area contributed by atoms with Crippen molar-refractivity contribution in [2.24, 2.45) is 0 Å². The summed E-state index contributed by atoms with van der Waals surface area (Å²) in [6.07, 6.45) is 0. The van der Waals surface area contributed by atoms with Gasteiger partial charge in [-0.25, -0.2) is 4.85 Å². The third kappa shape index (κ3) is 3.19. The Kier molecular flexibility index (Phi) is 4.68. The summed E-state index contributed by atoms with van der Waals surface area (Å²) in [5.74, 6) is 0. The summed E-state index contributed by atoms with van der Waals surface area (Å²) in [5, 5.41) is 16.0. The highest BCUT2D eigenvalue weighted by Crippen LogP contribution is 2.40. The minimum atomic E-state index is 0.572. The summed E-state index contributed by atoms with van der Waals surface area (Å²) in [6.45, 7) is 7.54. The fourth-order valence-electron chi connectivity index (χ4n) is 6.70. The zero-order chi connectivity index (χ0) is 28.7. The van der Waals surface area contributed by atoms with E-state index in [2.05, 4.69) is 98.9 Å². The first-order valence-electron chi connectivity index (χ1n) is 14.0. The maximum atomic E-state index is 9.58. The molecular formula is C38H20N4O. The Morgan fingerprint density at radius 1 is 0.581 bits per heavy atom. The summed E-state index contributed by atoms with van der Waals surface area (Å²) < 4.78 is 11.1. The van der Waals surface area contributed by atoms with E-state index < -0.39 is 0 Å². The first-order chi connectivity index (χ1) is 21.2. The highest BCUT2D eigenvalue weighted by Gasteiger charge is 2.19. The second-order valence-corrected chi connectivity index (χ2v) is 10.8. The van der Waals surface area contributed by atoms with Crippen molar-refractivity contribution in [1.29, 1.82) is 5.26 Å². The van der Waals surface area contributed by atoms with Crippen LogP contribution in [0.4, 0.5) is 5.69 Å². The molecule has 0 bridgehead atoms. The van der Waals surface area contributed by atoms with Gasteiger partial charge < -0.3 is 13.6 Å². The molecule has 0 spiro atoms. The molecule has 198 valence electrons. The second-order valence-electron chi connectivity index (χ2n) is 10.8. The summed E-state index contributed by atoms with van der Waals surface area (Å²) in [4.78, 5) is 3.65. The van der Waals surface area contributed by atoms with E-state index >= 15 is 0 Å². The Hall–Kier alpha value is -6.30. The van der Waals surface area contributed by atoms with Crippen LogP contribution in [-0.2, 0) is 0 Å². The second kappa shape index (κ2) is 8.60. The largest absolute Gasteiger partial charge is 0.454 e. The van der Waals surface area contributed by atoms with Crippen LogP contribution in [0.3, 0.4) is 0 Å². The highest BCUT2D eigenvalue weighted by molar-refractivity contribution is 6.14. The Balaban J connectivity index is 1.33. The average molecular weight is 549 g/mol. The van der Waals surface area contributed by atoms with Crippen molar-refractivity contribution in [1.82, 2.24) is 9.13 Å². The first kappa shape index (κ1) is 23.4. The molecule has 5 nitrogen and oxygen atoms in total. The molecule has 3 heterocycles. The molecule has 0 aliphatic heterocycles. The van der Waals surface area contributed by atoms with E-state index in [1.54, 1.807) is 0 Å². The van der Waals surface area contributed by atoms with Crippen LogP contribution in [0, 0.1) is 17.9 Å². The van der Waals surface area contributed by atoms with Crippen molar-refractivity contribution >= 4 is 71.2 Å². The van der Waals surface area contributed by atoms with Gasteiger partial charge in [-0.2, -0.15) is 5.26 Å². The number of para-hydroxylation sites is 3. The lowest BCUT2D eigenvalue weighted by molar-refractivity contribution is 0.666. The molecule has 6 aromatic carbocycles. The third-order valence-electron chi connectivity index (χ3n) is 8.55. The van der Waals surface area contributed by atoms with Crippen LogP contribution in [0.15, 0.2) is 126 Å². The Bertz CT molecular complexity index is 2580. The molecule has 0 fully saturated rings. The maximum absolute atomic E-state index is 9.58. The molecule has 0 unspecified atom stereocenters. The molecule has 0 N–H and O–H groups in total. The molecule has 3 aromatic heterocycles. The normalized spacial score (nSPS) is 11.7. The van der Waals surface area contributed by atoms with Gasteiger partial charge in [-0.15, -0.1) is 0 Å². The molecule has 0 atom stereocenters. The number of furan rings is 1. The number of fused-ring (bicyclic) bond motifs is 9. The van der Waals surface area contributed by atoms with Crippen molar-refractivity contribution in [2.45, 2.75) is 0 Å². The van der Waals surface area contributed by atoms with E-state index in [1.807, 2.05) is 42.5 Å². The molecule has 0 amide bonds. The molecule has 0 saturated carbocycles. The van der Waals surface area contributed by atoms with Crippen LogP contribution in [0.5, 0.6) is 0 Å². The number of nitrogens with zero attached hydrogens (tertiary/aromatic N) is 4. The topological polar surface area (TPSA) is 51.1 Å². The van der Waals surface area contributed by atoms with Crippen molar-refractivity contribution in [2.75, 3.05) is 0 Å². The van der Waals surface area contributed by atoms with Crippen LogP contribution < -0.4 is 0 Å². The van der Waals surface area contributed by atoms with Gasteiger partial charge in [-0.05, 0) is 72.1 Å². The quantitative estimate of drug-likeness (QED) is 0.202. The standard InChI is InChI=1S/C38H20N4O/c1-40-24-14-17-35-30(20-24)29-19-23(22-39)13-16-34(29)41(35)25-15-18-37-31(21-25)28-9-6-12-36(38(28)43-37)42-32-10-4-2-7-26(32)27-8-3-5-11-33(27)42/h2-21H. The zero-order valence-electron chi connectivity index (χ0n) is 22.7. The van der Waals surface area contributed by atoms with Gasteiger partial charge in [0, 0.05) is 32.6 Å². The molecule has 9 rings (SSSR count). The number of aromatic nitrogens is 2. The van der Waals surface area contributed by atoms with E-state index in [4.69, 9.17) is 11.0 Å². The van der Waals surface area contributed by atoms with E-state index in [9.17, 15) is 5.26 Å². The predicted molar refractivity (Wildman–Crippen MR) is 173 cm³/mol. The van der Waals surface area contributed by atoms with Gasteiger partial charge in [0.05, 0.1) is 46.0 Å². The minimum absolute atomic E-state index is 0.572. The van der Waals surface area contributed by atoms with E-state index in [0.717, 1.165) is 66.2 Å². The summed E-state index contributed by atoms with van der Waals surface area (Å²) >= 11 is 0. The number of hydrogen-bond donors (Lipinski definition) is 0. The summed E-state index contributed by atoms with van der Waals surface area (Å²) in [7, 11) is 0. The van der Waals surface area contributed by atoms with Crippen molar-refractivity contribution < 1.29 is 4.42 Å². The summed E-state index contributed by atoms with van der Waals surface area (Å²) in [6, 6.07) is 43.4.